The number of fused-ring (bicyclic) bond motifs is 2. The topological polar surface area (TPSA) is 60.4 Å². The standard InChI is InChI=1S/C38H54O4/c1-5-6-7-8-9-10-11-12-13-14-15-16-17-18-19-20-34(39)42-35(40)26-25-30-21-23-31(24-22-30)29-32-33-27-28-38(4,36(32)41)37(33,2)3/h12-13,21-26,29,33H,5-11,14-20,27-28H2,1-4H3. The van der Waals surface area contributed by atoms with Gasteiger partial charge in [-0.2, -0.15) is 0 Å². The van der Waals surface area contributed by atoms with E-state index >= 15 is 0 Å². The van der Waals surface area contributed by atoms with Crippen molar-refractivity contribution in [3.8, 4) is 0 Å². The Morgan fingerprint density at radius 1 is 0.833 bits per heavy atom. The van der Waals surface area contributed by atoms with Crippen LogP contribution in [0.2, 0.25) is 0 Å². The highest BCUT2D eigenvalue weighted by Gasteiger charge is 2.63. The van der Waals surface area contributed by atoms with E-state index in [-0.39, 0.29) is 17.3 Å². The first-order valence-electron chi connectivity index (χ1n) is 16.6. The molecule has 2 atom stereocenters. The van der Waals surface area contributed by atoms with Crippen molar-refractivity contribution in [3.05, 3.63) is 59.2 Å². The molecule has 0 spiro atoms. The van der Waals surface area contributed by atoms with Gasteiger partial charge in [-0.25, -0.2) is 4.79 Å². The van der Waals surface area contributed by atoms with Gasteiger partial charge in [-0.1, -0.05) is 115 Å². The summed E-state index contributed by atoms with van der Waals surface area (Å²) in [5.41, 5.74) is 2.52. The van der Waals surface area contributed by atoms with E-state index in [9.17, 15) is 14.4 Å². The third-order valence-electron chi connectivity index (χ3n) is 9.89. The van der Waals surface area contributed by atoms with Gasteiger partial charge in [0, 0.05) is 17.9 Å². The number of Topliss-reactive ketones (excluding diaryl/α,β-unsaturated/α-hetero) is 1. The van der Waals surface area contributed by atoms with Crippen molar-refractivity contribution in [3.63, 3.8) is 0 Å². The second-order valence-electron chi connectivity index (χ2n) is 13.2. The highest BCUT2D eigenvalue weighted by molar-refractivity contribution is 6.08. The summed E-state index contributed by atoms with van der Waals surface area (Å²) in [5, 5.41) is 0. The van der Waals surface area contributed by atoms with Gasteiger partial charge in [0.25, 0.3) is 0 Å². The average molecular weight is 575 g/mol. The molecule has 2 aliphatic carbocycles. The van der Waals surface area contributed by atoms with Crippen molar-refractivity contribution in [2.75, 3.05) is 0 Å². The second-order valence-corrected chi connectivity index (χ2v) is 13.2. The molecule has 0 heterocycles. The first-order chi connectivity index (χ1) is 20.2. The van der Waals surface area contributed by atoms with E-state index < -0.39 is 11.9 Å². The third kappa shape index (κ3) is 9.38. The minimum atomic E-state index is -0.637. The normalized spacial score (nSPS) is 22.1. The van der Waals surface area contributed by atoms with Gasteiger partial charge in [0.2, 0.25) is 0 Å². The molecule has 0 saturated heterocycles. The van der Waals surface area contributed by atoms with Crippen LogP contribution >= 0.6 is 0 Å². The van der Waals surface area contributed by atoms with Gasteiger partial charge in [-0.05, 0) is 85.1 Å². The van der Waals surface area contributed by atoms with Crippen molar-refractivity contribution >= 4 is 29.9 Å². The first kappa shape index (κ1) is 33.7. The molecular weight excluding hydrogens is 520 g/mol. The lowest BCUT2D eigenvalue weighted by atomic mass is 9.70. The highest BCUT2D eigenvalue weighted by Crippen LogP contribution is 2.65. The predicted octanol–water partition coefficient (Wildman–Crippen LogP) is 10.2. The molecule has 0 aliphatic heterocycles. The van der Waals surface area contributed by atoms with Crippen LogP contribution in [0.3, 0.4) is 0 Å². The summed E-state index contributed by atoms with van der Waals surface area (Å²) >= 11 is 0. The Balaban J connectivity index is 1.26. The van der Waals surface area contributed by atoms with Crippen LogP contribution in [-0.4, -0.2) is 17.7 Å². The van der Waals surface area contributed by atoms with Gasteiger partial charge in [0.1, 0.15) is 0 Å². The molecule has 0 N–H and O–H groups in total. The molecule has 2 unspecified atom stereocenters. The molecule has 2 aliphatic rings. The predicted molar refractivity (Wildman–Crippen MR) is 174 cm³/mol. The monoisotopic (exact) mass is 574 g/mol. The zero-order chi connectivity index (χ0) is 30.4. The maximum absolute atomic E-state index is 13.1. The molecule has 2 fully saturated rings. The van der Waals surface area contributed by atoms with E-state index in [0.29, 0.717) is 11.7 Å². The number of ether oxygens (including phenoxy) is 1. The van der Waals surface area contributed by atoms with Gasteiger partial charge in [-0.15, -0.1) is 0 Å². The lowest BCUT2D eigenvalue weighted by Gasteiger charge is -2.31. The highest BCUT2D eigenvalue weighted by atomic mass is 16.6. The second kappa shape index (κ2) is 16.8. The van der Waals surface area contributed by atoms with Crippen LogP contribution in [0.5, 0.6) is 0 Å². The fourth-order valence-corrected chi connectivity index (χ4v) is 6.68. The van der Waals surface area contributed by atoms with Gasteiger partial charge < -0.3 is 4.74 Å². The number of ketones is 1. The fraction of sp³-hybridized carbons (Fsp3) is 0.605. The molecule has 1 aromatic rings. The van der Waals surface area contributed by atoms with Crippen molar-refractivity contribution in [2.45, 2.75) is 130 Å². The molecule has 2 bridgehead atoms. The molecule has 42 heavy (non-hydrogen) atoms. The Hall–Kier alpha value is -2.75. The van der Waals surface area contributed by atoms with Crippen LogP contribution in [0.4, 0.5) is 0 Å². The quantitative estimate of drug-likeness (QED) is 0.0575. The number of carbonyl (C=O) groups is 3. The number of esters is 2. The first-order valence-corrected chi connectivity index (χ1v) is 16.6. The van der Waals surface area contributed by atoms with Gasteiger partial charge in [0.15, 0.2) is 5.78 Å². The fourth-order valence-electron chi connectivity index (χ4n) is 6.68. The summed E-state index contributed by atoms with van der Waals surface area (Å²) in [6.45, 7) is 8.82. The number of hydrogen-bond acceptors (Lipinski definition) is 4. The summed E-state index contributed by atoms with van der Waals surface area (Å²) in [5.74, 6) is -0.492. The van der Waals surface area contributed by atoms with E-state index in [1.807, 2.05) is 30.3 Å². The lowest BCUT2D eigenvalue weighted by Crippen LogP contribution is -2.32. The molecule has 4 nitrogen and oxygen atoms in total. The Labute approximate surface area is 255 Å². The molecule has 0 aromatic heterocycles. The zero-order valence-corrected chi connectivity index (χ0v) is 26.7. The van der Waals surface area contributed by atoms with Gasteiger partial charge >= 0.3 is 11.9 Å². The maximum atomic E-state index is 13.1. The van der Waals surface area contributed by atoms with Crippen molar-refractivity contribution in [1.29, 1.82) is 0 Å². The van der Waals surface area contributed by atoms with Gasteiger partial charge in [0.05, 0.1) is 0 Å². The van der Waals surface area contributed by atoms with E-state index in [2.05, 4.69) is 39.8 Å². The number of carbonyl (C=O) groups excluding carboxylic acids is 3. The SMILES string of the molecule is CCCCCCCCC=CCCCCCCCC(=O)OC(=O)C=Cc1ccc(C=C2C(=O)C3(C)CCC2C3(C)C)cc1. The molecule has 0 radical (unpaired) electrons. The molecule has 230 valence electrons. The average Bonchev–Trinajstić information content (AvgIpc) is 3.28. The number of unbranched alkanes of at least 4 members (excludes halogenated alkanes) is 11. The number of allylic oxidation sites excluding steroid dienone is 3. The molecular formula is C38H54O4. The van der Waals surface area contributed by atoms with Crippen LogP contribution in [0.25, 0.3) is 12.2 Å². The van der Waals surface area contributed by atoms with Crippen LogP contribution < -0.4 is 0 Å². The van der Waals surface area contributed by atoms with Crippen LogP contribution in [0.1, 0.15) is 142 Å². The van der Waals surface area contributed by atoms with Crippen LogP contribution in [0.15, 0.2) is 48.1 Å². The van der Waals surface area contributed by atoms with Crippen LogP contribution in [0, 0.1) is 16.7 Å². The number of hydrogen-bond donors (Lipinski definition) is 0. The summed E-state index contributed by atoms with van der Waals surface area (Å²) in [6.07, 6.45) is 27.6. The smallest absolute Gasteiger partial charge is 0.338 e. The van der Waals surface area contributed by atoms with Crippen molar-refractivity contribution < 1.29 is 19.1 Å². The van der Waals surface area contributed by atoms with E-state index in [1.165, 1.54) is 63.9 Å². The third-order valence-corrected chi connectivity index (χ3v) is 9.89. The Morgan fingerprint density at radius 2 is 1.40 bits per heavy atom. The summed E-state index contributed by atoms with van der Waals surface area (Å²) < 4.78 is 4.95. The lowest BCUT2D eigenvalue weighted by molar-refractivity contribution is -0.156. The van der Waals surface area contributed by atoms with Crippen molar-refractivity contribution in [1.82, 2.24) is 0 Å². The zero-order valence-electron chi connectivity index (χ0n) is 26.7. The Morgan fingerprint density at radius 3 is 2.00 bits per heavy atom. The number of benzene rings is 1. The minimum absolute atomic E-state index is 0.000382. The number of rotatable bonds is 18. The summed E-state index contributed by atoms with van der Waals surface area (Å²) in [4.78, 5) is 37.2. The molecule has 1 aromatic carbocycles. The van der Waals surface area contributed by atoms with E-state index in [0.717, 1.165) is 55.2 Å². The maximum Gasteiger partial charge on any atom is 0.338 e. The van der Waals surface area contributed by atoms with Crippen LogP contribution in [-0.2, 0) is 19.1 Å². The largest absolute Gasteiger partial charge is 0.390 e. The summed E-state index contributed by atoms with van der Waals surface area (Å²) in [7, 11) is 0. The molecule has 4 heteroatoms. The Kier molecular flexibility index (Phi) is 13.5. The van der Waals surface area contributed by atoms with E-state index in [4.69, 9.17) is 4.74 Å². The van der Waals surface area contributed by atoms with Crippen molar-refractivity contribution in [2.24, 2.45) is 16.7 Å². The summed E-state index contributed by atoms with van der Waals surface area (Å²) in [6, 6.07) is 7.75. The molecule has 0 amide bonds. The van der Waals surface area contributed by atoms with E-state index in [1.54, 1.807) is 6.08 Å². The molecule has 2 saturated carbocycles. The molecule has 3 rings (SSSR count). The van der Waals surface area contributed by atoms with Gasteiger partial charge in [-0.3, -0.25) is 9.59 Å². The Bertz CT molecular complexity index is 1120. The minimum Gasteiger partial charge on any atom is -0.390 e.